The van der Waals surface area contributed by atoms with Crippen molar-refractivity contribution in [1.82, 2.24) is 14.3 Å². The van der Waals surface area contributed by atoms with Crippen molar-refractivity contribution in [3.05, 3.63) is 63.5 Å². The molecule has 0 saturated carbocycles. The van der Waals surface area contributed by atoms with Crippen LogP contribution in [0, 0.1) is 6.92 Å². The van der Waals surface area contributed by atoms with Gasteiger partial charge in [0.25, 0.3) is 11.7 Å². The summed E-state index contributed by atoms with van der Waals surface area (Å²) in [6.45, 7) is 2.03. The second-order valence-electron chi connectivity index (χ2n) is 7.51. The third kappa shape index (κ3) is 3.75. The number of phenolic OH excluding ortho intramolecular Hbond substituents is 1. The third-order valence-corrected chi connectivity index (χ3v) is 6.20. The zero-order valence-corrected chi connectivity index (χ0v) is 19.8. The number of ether oxygens (including phenoxy) is 2. The fraction of sp³-hybridized carbons (Fsp3) is 0.261. The van der Waals surface area contributed by atoms with Gasteiger partial charge < -0.3 is 24.6 Å². The number of fused-ring (bicyclic) bond motifs is 1. The summed E-state index contributed by atoms with van der Waals surface area (Å²) in [6.07, 6.45) is 1.72. The molecular weight excluding hydrogens is 494 g/mol. The smallest absolute Gasteiger partial charge is 0.295 e. The number of ketones is 1. The van der Waals surface area contributed by atoms with Gasteiger partial charge in [-0.15, -0.1) is 0 Å². The zero-order valence-electron chi connectivity index (χ0n) is 18.2. The highest BCUT2D eigenvalue weighted by atomic mass is 79.9. The van der Waals surface area contributed by atoms with Gasteiger partial charge in [-0.3, -0.25) is 14.0 Å². The number of Topliss-reactive ketones (excluding diaryl/α,β-unsaturated/α-hetero) is 1. The molecule has 0 radical (unpaired) electrons. The first-order chi connectivity index (χ1) is 15.8. The van der Waals surface area contributed by atoms with Gasteiger partial charge >= 0.3 is 0 Å². The highest BCUT2D eigenvalue weighted by Crippen LogP contribution is 2.44. The van der Waals surface area contributed by atoms with E-state index in [9.17, 15) is 19.8 Å². The number of benzene rings is 1. The molecule has 0 spiro atoms. The summed E-state index contributed by atoms with van der Waals surface area (Å²) < 4.78 is 12.4. The molecule has 1 saturated heterocycles. The summed E-state index contributed by atoms with van der Waals surface area (Å²) in [5.41, 5.74) is 1.82. The molecule has 1 aliphatic rings. The second-order valence-corrected chi connectivity index (χ2v) is 8.37. The standard InChI is InChI=1S/C23H22BrN3O6/c1-12-18(26-7-5-4-6-16(26)25-12)21(29)17-19(27(8-9-32-2)23(31)22(17)30)13-10-14(24)20(28)15(11-13)33-3/h4-7,10-11,19,28-29H,8-9H2,1-3H3. The molecule has 4 rings (SSSR count). The number of methoxy groups -OCH3 is 2. The number of likely N-dealkylation sites (tertiary alicyclic amines) is 1. The highest BCUT2D eigenvalue weighted by Gasteiger charge is 2.46. The van der Waals surface area contributed by atoms with E-state index in [1.165, 1.54) is 25.2 Å². The van der Waals surface area contributed by atoms with Crippen LogP contribution < -0.4 is 4.74 Å². The first kappa shape index (κ1) is 22.8. The van der Waals surface area contributed by atoms with Crippen LogP contribution >= 0.6 is 15.9 Å². The average molecular weight is 516 g/mol. The van der Waals surface area contributed by atoms with Crippen molar-refractivity contribution in [2.45, 2.75) is 13.0 Å². The van der Waals surface area contributed by atoms with E-state index < -0.39 is 17.7 Å². The van der Waals surface area contributed by atoms with Gasteiger partial charge in [0.1, 0.15) is 11.3 Å². The molecule has 0 aliphatic carbocycles. The molecule has 33 heavy (non-hydrogen) atoms. The minimum atomic E-state index is -0.931. The predicted molar refractivity (Wildman–Crippen MR) is 123 cm³/mol. The minimum absolute atomic E-state index is 0.0792. The maximum Gasteiger partial charge on any atom is 0.295 e. The van der Waals surface area contributed by atoms with Crippen molar-refractivity contribution in [2.75, 3.05) is 27.4 Å². The van der Waals surface area contributed by atoms with E-state index in [1.807, 2.05) is 6.07 Å². The lowest BCUT2D eigenvalue weighted by Gasteiger charge is -2.25. The molecule has 3 heterocycles. The number of rotatable bonds is 6. The van der Waals surface area contributed by atoms with Crippen LogP contribution in [0.4, 0.5) is 0 Å². The second kappa shape index (κ2) is 8.87. The Kier molecular flexibility index (Phi) is 6.13. The molecule has 3 aromatic rings. The van der Waals surface area contributed by atoms with Crippen LogP contribution in [0.25, 0.3) is 11.4 Å². The maximum atomic E-state index is 13.2. The Balaban J connectivity index is 1.99. The summed E-state index contributed by atoms with van der Waals surface area (Å²) in [6, 6.07) is 7.56. The van der Waals surface area contributed by atoms with Crippen LogP contribution in [0.1, 0.15) is 23.0 Å². The normalized spacial score (nSPS) is 17.8. The number of hydrogen-bond donors (Lipinski definition) is 2. The number of halogens is 1. The van der Waals surface area contributed by atoms with Crippen molar-refractivity contribution in [1.29, 1.82) is 0 Å². The number of carbonyl (C=O) groups excluding carboxylic acids is 2. The monoisotopic (exact) mass is 515 g/mol. The molecule has 1 unspecified atom stereocenters. The van der Waals surface area contributed by atoms with Crippen LogP contribution in [0.15, 0.2) is 46.6 Å². The van der Waals surface area contributed by atoms with Gasteiger partial charge in [0.2, 0.25) is 0 Å². The molecule has 10 heteroatoms. The summed E-state index contributed by atoms with van der Waals surface area (Å²) >= 11 is 3.29. The topological polar surface area (TPSA) is 114 Å². The Morgan fingerprint density at radius 1 is 1.24 bits per heavy atom. The number of imidazole rings is 1. The fourth-order valence-corrected chi connectivity index (χ4v) is 4.54. The Morgan fingerprint density at radius 2 is 2.00 bits per heavy atom. The number of aromatic hydroxyl groups is 1. The number of aryl methyl sites for hydroxylation is 1. The molecule has 1 fully saturated rings. The summed E-state index contributed by atoms with van der Waals surface area (Å²) in [4.78, 5) is 32.0. The van der Waals surface area contributed by atoms with Gasteiger partial charge in [-0.1, -0.05) is 6.07 Å². The van der Waals surface area contributed by atoms with Crippen molar-refractivity contribution < 1.29 is 29.3 Å². The van der Waals surface area contributed by atoms with Crippen molar-refractivity contribution in [2.24, 2.45) is 0 Å². The Bertz CT molecular complexity index is 1300. The summed E-state index contributed by atoms with van der Waals surface area (Å²) in [7, 11) is 2.89. The Hall–Kier alpha value is -3.37. The molecule has 9 nitrogen and oxygen atoms in total. The fourth-order valence-electron chi connectivity index (χ4n) is 4.08. The first-order valence-corrected chi connectivity index (χ1v) is 10.9. The van der Waals surface area contributed by atoms with Gasteiger partial charge in [-0.2, -0.15) is 0 Å². The third-order valence-electron chi connectivity index (χ3n) is 5.59. The molecule has 0 bridgehead atoms. The van der Waals surface area contributed by atoms with Crippen LogP contribution in [0.3, 0.4) is 0 Å². The summed E-state index contributed by atoms with van der Waals surface area (Å²) in [5, 5.41) is 21.6. The summed E-state index contributed by atoms with van der Waals surface area (Å²) in [5.74, 6) is -1.87. The van der Waals surface area contributed by atoms with E-state index in [0.717, 1.165) is 0 Å². The molecule has 1 aliphatic heterocycles. The van der Waals surface area contributed by atoms with Gasteiger partial charge in [0.05, 0.1) is 35.5 Å². The SMILES string of the molecule is COCCN1C(=O)C(=O)C(=C(O)c2c(C)nc3ccccn23)C1c1cc(Br)c(O)c(OC)c1. The maximum absolute atomic E-state index is 13.2. The number of carbonyl (C=O) groups is 2. The average Bonchev–Trinajstić information content (AvgIpc) is 3.26. The van der Waals surface area contributed by atoms with E-state index in [4.69, 9.17) is 9.47 Å². The first-order valence-electron chi connectivity index (χ1n) is 10.1. The number of amides is 1. The molecule has 1 atom stereocenters. The van der Waals surface area contributed by atoms with E-state index in [-0.39, 0.29) is 36.0 Å². The minimum Gasteiger partial charge on any atom is -0.505 e. The van der Waals surface area contributed by atoms with Gasteiger partial charge in [0.15, 0.2) is 17.3 Å². The number of aromatic nitrogens is 2. The van der Waals surface area contributed by atoms with Crippen LogP contribution in [-0.4, -0.2) is 63.6 Å². The van der Waals surface area contributed by atoms with E-state index in [1.54, 1.807) is 35.7 Å². The lowest BCUT2D eigenvalue weighted by Crippen LogP contribution is -2.32. The zero-order chi connectivity index (χ0) is 23.9. The predicted octanol–water partition coefficient (Wildman–Crippen LogP) is 3.19. The Labute approximate surface area is 198 Å². The molecule has 1 aromatic carbocycles. The number of phenols is 1. The van der Waals surface area contributed by atoms with E-state index >= 15 is 0 Å². The van der Waals surface area contributed by atoms with E-state index in [2.05, 4.69) is 20.9 Å². The molecule has 2 N–H and O–H groups in total. The largest absolute Gasteiger partial charge is 0.505 e. The molecule has 2 aromatic heterocycles. The number of aliphatic hydroxyl groups excluding tert-OH is 1. The molecular formula is C23H22BrN3O6. The van der Waals surface area contributed by atoms with Crippen LogP contribution in [0.2, 0.25) is 0 Å². The van der Waals surface area contributed by atoms with Crippen LogP contribution in [-0.2, 0) is 14.3 Å². The van der Waals surface area contributed by atoms with Crippen molar-refractivity contribution >= 4 is 39.0 Å². The van der Waals surface area contributed by atoms with Crippen LogP contribution in [0.5, 0.6) is 11.5 Å². The molecule has 172 valence electrons. The molecule has 1 amide bonds. The van der Waals surface area contributed by atoms with Gasteiger partial charge in [-0.05, 0) is 52.7 Å². The van der Waals surface area contributed by atoms with Gasteiger partial charge in [0, 0.05) is 19.9 Å². The number of nitrogens with zero attached hydrogens (tertiary/aromatic N) is 3. The quantitative estimate of drug-likeness (QED) is 0.294. The number of pyridine rings is 1. The van der Waals surface area contributed by atoms with Crippen molar-refractivity contribution in [3.8, 4) is 11.5 Å². The van der Waals surface area contributed by atoms with Gasteiger partial charge in [-0.25, -0.2) is 4.98 Å². The highest BCUT2D eigenvalue weighted by molar-refractivity contribution is 9.10. The number of aliphatic hydroxyl groups is 1. The van der Waals surface area contributed by atoms with E-state index in [0.29, 0.717) is 27.1 Å². The van der Waals surface area contributed by atoms with Crippen molar-refractivity contribution in [3.63, 3.8) is 0 Å². The lowest BCUT2D eigenvalue weighted by molar-refractivity contribution is -0.140. The Morgan fingerprint density at radius 3 is 2.70 bits per heavy atom. The number of hydrogen-bond acceptors (Lipinski definition) is 7. The lowest BCUT2D eigenvalue weighted by atomic mass is 9.96.